The van der Waals surface area contributed by atoms with E-state index in [1.807, 2.05) is 13.0 Å². The van der Waals surface area contributed by atoms with E-state index in [1.165, 1.54) is 12.3 Å². The van der Waals surface area contributed by atoms with E-state index in [0.29, 0.717) is 17.9 Å². The first-order chi connectivity index (χ1) is 14.2. The van der Waals surface area contributed by atoms with E-state index in [4.69, 9.17) is 4.74 Å². The number of ether oxygens (including phenoxy) is 1. The summed E-state index contributed by atoms with van der Waals surface area (Å²) in [7, 11) is 1.61. The summed E-state index contributed by atoms with van der Waals surface area (Å²) in [4.78, 5) is 20.1. The van der Waals surface area contributed by atoms with Gasteiger partial charge < -0.3 is 15.4 Å². The monoisotopic (exact) mass is 420 g/mol. The van der Waals surface area contributed by atoms with E-state index >= 15 is 0 Å². The van der Waals surface area contributed by atoms with Crippen LogP contribution in [-0.2, 0) is 16.3 Å². The highest BCUT2D eigenvalue weighted by Gasteiger charge is 2.48. The van der Waals surface area contributed by atoms with E-state index in [9.17, 15) is 18.0 Å². The molecule has 3 aromatic rings. The van der Waals surface area contributed by atoms with Gasteiger partial charge in [0.15, 0.2) is 5.65 Å². The van der Waals surface area contributed by atoms with Crippen molar-refractivity contribution >= 4 is 23.1 Å². The van der Waals surface area contributed by atoms with Gasteiger partial charge in [-0.15, -0.1) is 0 Å². The molecule has 0 bridgehead atoms. The van der Waals surface area contributed by atoms with Crippen LogP contribution < -0.4 is 10.6 Å². The molecule has 2 N–H and O–H groups in total. The van der Waals surface area contributed by atoms with Crippen molar-refractivity contribution in [1.82, 2.24) is 19.6 Å². The van der Waals surface area contributed by atoms with Gasteiger partial charge in [-0.3, -0.25) is 4.98 Å². The van der Waals surface area contributed by atoms with E-state index in [2.05, 4.69) is 25.7 Å². The highest BCUT2D eigenvalue weighted by Crippen LogP contribution is 2.50. The highest BCUT2D eigenvalue weighted by molar-refractivity contribution is 6.00. The van der Waals surface area contributed by atoms with Gasteiger partial charge in [-0.05, 0) is 31.9 Å². The average Bonchev–Trinajstić information content (AvgIpc) is 3.33. The van der Waals surface area contributed by atoms with Gasteiger partial charge in [-0.2, -0.15) is 18.3 Å². The number of alkyl halides is 3. The van der Waals surface area contributed by atoms with Crippen LogP contribution in [0.5, 0.6) is 0 Å². The van der Waals surface area contributed by atoms with Crippen molar-refractivity contribution in [2.75, 3.05) is 24.4 Å². The first-order valence-corrected chi connectivity index (χ1v) is 9.18. The van der Waals surface area contributed by atoms with Crippen molar-refractivity contribution in [3.05, 3.63) is 47.7 Å². The molecule has 3 heterocycles. The molecule has 0 atom stereocenters. The third-order valence-corrected chi connectivity index (χ3v) is 4.94. The molecular weight excluding hydrogens is 401 g/mol. The minimum absolute atomic E-state index is 0.0293. The number of pyridine rings is 1. The number of urea groups is 1. The number of carbonyl (C=O) groups is 1. The molecule has 1 aliphatic carbocycles. The Kier molecular flexibility index (Phi) is 4.85. The lowest BCUT2D eigenvalue weighted by atomic mass is 10.0. The van der Waals surface area contributed by atoms with Crippen LogP contribution in [-0.4, -0.2) is 39.3 Å². The normalized spacial score (nSPS) is 15.2. The van der Waals surface area contributed by atoms with Crippen LogP contribution in [0.2, 0.25) is 0 Å². The summed E-state index contributed by atoms with van der Waals surface area (Å²) in [6.45, 7) is 2.29. The van der Waals surface area contributed by atoms with Gasteiger partial charge in [0, 0.05) is 30.5 Å². The molecular formula is C19H19F3N6O2. The molecule has 3 aromatic heterocycles. The predicted octanol–water partition coefficient (Wildman–Crippen LogP) is 3.77. The van der Waals surface area contributed by atoms with Gasteiger partial charge >= 0.3 is 12.2 Å². The van der Waals surface area contributed by atoms with Gasteiger partial charge in [-0.1, -0.05) is 0 Å². The minimum Gasteiger partial charge on any atom is -0.384 e. The Hall–Kier alpha value is -3.21. The summed E-state index contributed by atoms with van der Waals surface area (Å²) in [5.41, 5.74) is 1.16. The first-order valence-electron chi connectivity index (χ1n) is 9.18. The van der Waals surface area contributed by atoms with Gasteiger partial charge in [0.1, 0.15) is 5.69 Å². The Morgan fingerprint density at radius 2 is 2.03 bits per heavy atom. The fraction of sp³-hybridized carbons (Fsp3) is 0.368. The van der Waals surface area contributed by atoms with Crippen LogP contribution >= 0.6 is 0 Å². The topological polar surface area (TPSA) is 93.4 Å². The number of halogens is 3. The molecule has 158 valence electrons. The highest BCUT2D eigenvalue weighted by atomic mass is 19.4. The van der Waals surface area contributed by atoms with Gasteiger partial charge in [0.05, 0.1) is 29.9 Å². The van der Waals surface area contributed by atoms with E-state index < -0.39 is 17.9 Å². The number of amides is 2. The lowest BCUT2D eigenvalue weighted by molar-refractivity contribution is -0.141. The summed E-state index contributed by atoms with van der Waals surface area (Å²) in [6, 6.07) is 3.17. The van der Waals surface area contributed by atoms with Crippen LogP contribution in [0.4, 0.5) is 29.3 Å². The van der Waals surface area contributed by atoms with Gasteiger partial charge in [0.25, 0.3) is 0 Å². The summed E-state index contributed by atoms with van der Waals surface area (Å²) >= 11 is 0. The lowest BCUT2D eigenvalue weighted by Gasteiger charge is -2.20. The molecule has 0 unspecified atom stereocenters. The Balaban J connectivity index is 1.63. The zero-order valence-corrected chi connectivity index (χ0v) is 16.2. The van der Waals surface area contributed by atoms with Crippen molar-refractivity contribution in [3.63, 3.8) is 0 Å². The smallest absolute Gasteiger partial charge is 0.384 e. The number of hydrogen-bond donors (Lipinski definition) is 2. The average molecular weight is 420 g/mol. The van der Waals surface area contributed by atoms with Crippen molar-refractivity contribution in [2.45, 2.75) is 31.4 Å². The molecule has 2 amide bonds. The Morgan fingerprint density at radius 3 is 2.70 bits per heavy atom. The summed E-state index contributed by atoms with van der Waals surface area (Å²) in [5, 5.41) is 9.59. The summed E-state index contributed by atoms with van der Waals surface area (Å²) in [6.07, 6.45) is -0.383. The zero-order valence-electron chi connectivity index (χ0n) is 16.2. The maximum absolute atomic E-state index is 12.8. The Labute approximate surface area is 169 Å². The summed E-state index contributed by atoms with van der Waals surface area (Å²) < 4.78 is 45.6. The zero-order chi connectivity index (χ0) is 21.5. The number of methoxy groups -OCH3 is 1. The molecule has 11 heteroatoms. The van der Waals surface area contributed by atoms with E-state index in [1.54, 1.807) is 11.6 Å². The molecule has 0 radical (unpaired) electrons. The number of rotatable bonds is 5. The van der Waals surface area contributed by atoms with E-state index in [0.717, 1.165) is 36.5 Å². The van der Waals surface area contributed by atoms with Crippen LogP contribution in [0.15, 0.2) is 30.6 Å². The molecule has 1 fully saturated rings. The fourth-order valence-electron chi connectivity index (χ4n) is 3.47. The number of nitrogens with zero attached hydrogens (tertiary/aromatic N) is 4. The first kappa shape index (κ1) is 20.1. The van der Waals surface area contributed by atoms with Crippen molar-refractivity contribution in [2.24, 2.45) is 0 Å². The van der Waals surface area contributed by atoms with Crippen molar-refractivity contribution in [1.29, 1.82) is 0 Å². The number of anilines is 2. The molecule has 0 spiro atoms. The lowest BCUT2D eigenvalue weighted by Crippen LogP contribution is -2.26. The van der Waals surface area contributed by atoms with Crippen LogP contribution in [0, 0.1) is 6.92 Å². The van der Waals surface area contributed by atoms with Crippen molar-refractivity contribution in [3.8, 4) is 0 Å². The second-order valence-corrected chi connectivity index (χ2v) is 7.30. The predicted molar refractivity (Wildman–Crippen MR) is 102 cm³/mol. The second-order valence-electron chi connectivity index (χ2n) is 7.30. The SMILES string of the molecule is COCC1(c2c(NC(=O)Nc3ccnc(C(F)(F)F)c3)cnc3cc(C)nn23)CC1. The molecule has 1 saturated carbocycles. The van der Waals surface area contributed by atoms with Crippen LogP contribution in [0.25, 0.3) is 5.65 Å². The summed E-state index contributed by atoms with van der Waals surface area (Å²) in [5.74, 6) is 0. The van der Waals surface area contributed by atoms with Gasteiger partial charge in [0.2, 0.25) is 0 Å². The van der Waals surface area contributed by atoms with Crippen LogP contribution in [0.1, 0.15) is 29.9 Å². The molecule has 8 nitrogen and oxygen atoms in total. The number of aryl methyl sites for hydroxylation is 1. The molecule has 30 heavy (non-hydrogen) atoms. The van der Waals surface area contributed by atoms with Crippen LogP contribution in [0.3, 0.4) is 0 Å². The maximum Gasteiger partial charge on any atom is 0.433 e. The van der Waals surface area contributed by atoms with Crippen molar-refractivity contribution < 1.29 is 22.7 Å². The number of fused-ring (bicyclic) bond motifs is 1. The Morgan fingerprint density at radius 1 is 1.27 bits per heavy atom. The molecule has 1 aliphatic rings. The third-order valence-electron chi connectivity index (χ3n) is 4.94. The Bertz CT molecular complexity index is 1110. The molecule has 0 saturated heterocycles. The number of carbonyl (C=O) groups excluding carboxylic acids is 1. The maximum atomic E-state index is 12.8. The molecule has 4 rings (SSSR count). The van der Waals surface area contributed by atoms with Gasteiger partial charge in [-0.25, -0.2) is 14.3 Å². The second kappa shape index (κ2) is 7.24. The molecule has 0 aliphatic heterocycles. The molecule has 0 aromatic carbocycles. The minimum atomic E-state index is -4.60. The quantitative estimate of drug-likeness (QED) is 0.655. The standard InChI is InChI=1S/C19H19F3N6O2/c1-11-7-15-24-9-13(16(28(15)27-11)18(4-5-18)10-30-2)26-17(29)25-12-3-6-23-14(8-12)19(20,21)22/h3,6-9H,4-5,10H2,1-2H3,(H2,23,25,26,29). The number of aromatic nitrogens is 4. The third kappa shape index (κ3) is 3.80. The fourth-order valence-corrected chi connectivity index (χ4v) is 3.47. The largest absolute Gasteiger partial charge is 0.433 e. The number of hydrogen-bond acceptors (Lipinski definition) is 5. The number of nitrogens with one attached hydrogen (secondary N) is 2. The van der Waals surface area contributed by atoms with E-state index in [-0.39, 0.29) is 11.1 Å².